The lowest BCUT2D eigenvalue weighted by atomic mass is 9.99. The third kappa shape index (κ3) is 5.19. The van der Waals surface area contributed by atoms with Gasteiger partial charge in [-0.15, -0.1) is 11.3 Å². The van der Waals surface area contributed by atoms with Crippen molar-refractivity contribution in [2.75, 3.05) is 38.2 Å². The highest BCUT2D eigenvalue weighted by Crippen LogP contribution is 2.40. The Bertz CT molecular complexity index is 1310. The first-order chi connectivity index (χ1) is 18.5. The second-order valence-corrected chi connectivity index (χ2v) is 12.1. The molecule has 1 aromatic heterocycles. The molecule has 2 aromatic carbocycles. The lowest BCUT2D eigenvalue weighted by Gasteiger charge is -2.31. The van der Waals surface area contributed by atoms with Crippen LogP contribution < -0.4 is 9.64 Å². The Hall–Kier alpha value is -2.90. The van der Waals surface area contributed by atoms with Crippen molar-refractivity contribution < 1.29 is 14.3 Å². The van der Waals surface area contributed by atoms with Gasteiger partial charge in [0.15, 0.2) is 5.13 Å². The summed E-state index contributed by atoms with van der Waals surface area (Å²) >= 11 is 1.75. The number of anilines is 1. The van der Waals surface area contributed by atoms with E-state index in [1.165, 1.54) is 24.8 Å². The molecule has 2 aliphatic heterocycles. The number of hydrogen-bond acceptors (Lipinski definition) is 6. The minimum Gasteiger partial charge on any atom is -0.488 e. The molecule has 1 amide bonds. The predicted molar refractivity (Wildman–Crippen MR) is 152 cm³/mol. The molecule has 1 aliphatic carbocycles. The van der Waals surface area contributed by atoms with Gasteiger partial charge in [-0.3, -0.25) is 4.79 Å². The Kier molecular flexibility index (Phi) is 7.14. The highest BCUT2D eigenvalue weighted by atomic mass is 32.1. The molecule has 1 saturated carbocycles. The molecule has 0 radical (unpaired) electrons. The van der Waals surface area contributed by atoms with E-state index in [0.29, 0.717) is 13.2 Å². The van der Waals surface area contributed by atoms with E-state index >= 15 is 0 Å². The van der Waals surface area contributed by atoms with E-state index in [4.69, 9.17) is 14.5 Å². The molecule has 6 nitrogen and oxygen atoms in total. The molecule has 200 valence electrons. The number of methoxy groups -OCH3 is 1. The number of piperidine rings is 1. The topological polar surface area (TPSA) is 54.9 Å². The number of ether oxygens (including phenoxy) is 2. The Morgan fingerprint density at radius 1 is 1.05 bits per heavy atom. The van der Waals surface area contributed by atoms with Crippen molar-refractivity contribution in [1.29, 1.82) is 0 Å². The van der Waals surface area contributed by atoms with Crippen LogP contribution in [0.4, 0.5) is 5.13 Å². The van der Waals surface area contributed by atoms with Gasteiger partial charge in [0, 0.05) is 49.8 Å². The second kappa shape index (κ2) is 10.7. The van der Waals surface area contributed by atoms with Crippen molar-refractivity contribution >= 4 is 22.4 Å². The van der Waals surface area contributed by atoms with Crippen LogP contribution in [0.2, 0.25) is 0 Å². The molecule has 3 heterocycles. The van der Waals surface area contributed by atoms with E-state index in [9.17, 15) is 4.79 Å². The Labute approximate surface area is 229 Å². The highest BCUT2D eigenvalue weighted by molar-refractivity contribution is 7.14. The molecule has 0 N–H and O–H groups in total. The minimum atomic E-state index is 0.0713. The zero-order valence-electron chi connectivity index (χ0n) is 22.6. The van der Waals surface area contributed by atoms with Crippen molar-refractivity contribution in [3.05, 3.63) is 64.0 Å². The summed E-state index contributed by atoms with van der Waals surface area (Å²) in [5, 5.41) is 3.31. The first kappa shape index (κ1) is 25.4. The summed E-state index contributed by atoms with van der Waals surface area (Å²) in [6.07, 6.45) is 5.17. The number of carbonyl (C=O) groups is 1. The normalized spacial score (nSPS) is 22.8. The van der Waals surface area contributed by atoms with Crippen LogP contribution in [0.15, 0.2) is 41.8 Å². The minimum absolute atomic E-state index is 0.0713. The molecule has 3 unspecified atom stereocenters. The van der Waals surface area contributed by atoms with Crippen LogP contribution in [0.1, 0.15) is 52.7 Å². The molecule has 0 spiro atoms. The maximum Gasteiger partial charge on any atom is 0.253 e. The number of carbonyl (C=O) groups excluding carboxylic acids is 1. The summed E-state index contributed by atoms with van der Waals surface area (Å²) < 4.78 is 11.8. The van der Waals surface area contributed by atoms with Gasteiger partial charge in [0.2, 0.25) is 0 Å². The van der Waals surface area contributed by atoms with Gasteiger partial charge in [-0.2, -0.15) is 0 Å². The number of benzene rings is 2. The molecular weight excluding hydrogens is 494 g/mol. The number of fused-ring (bicyclic) bond motifs is 2. The lowest BCUT2D eigenvalue weighted by molar-refractivity contribution is 0.0724. The van der Waals surface area contributed by atoms with Crippen LogP contribution in [-0.2, 0) is 11.3 Å². The molecule has 38 heavy (non-hydrogen) atoms. The second-order valence-electron chi connectivity index (χ2n) is 11.3. The predicted octanol–water partition coefficient (Wildman–Crippen LogP) is 6.10. The summed E-state index contributed by atoms with van der Waals surface area (Å²) in [5.41, 5.74) is 6.07. The first-order valence-electron chi connectivity index (χ1n) is 13.8. The highest BCUT2D eigenvalue weighted by Gasteiger charge is 2.34. The summed E-state index contributed by atoms with van der Waals surface area (Å²) in [7, 11) is 1.71. The number of aromatic nitrogens is 1. The average molecular weight is 532 g/mol. The van der Waals surface area contributed by atoms with Crippen molar-refractivity contribution in [3.8, 4) is 17.0 Å². The van der Waals surface area contributed by atoms with Gasteiger partial charge in [0.05, 0.1) is 11.8 Å². The fourth-order valence-corrected chi connectivity index (χ4v) is 7.15. The van der Waals surface area contributed by atoms with Crippen LogP contribution in [-0.4, -0.2) is 55.2 Å². The summed E-state index contributed by atoms with van der Waals surface area (Å²) in [5.74, 6) is 2.58. The van der Waals surface area contributed by atoms with Gasteiger partial charge in [-0.05, 0) is 86.8 Å². The molecule has 7 heteroatoms. The van der Waals surface area contributed by atoms with Crippen LogP contribution in [0.5, 0.6) is 5.75 Å². The van der Waals surface area contributed by atoms with Gasteiger partial charge < -0.3 is 19.3 Å². The first-order valence-corrected chi connectivity index (χ1v) is 14.7. The van der Waals surface area contributed by atoms with Crippen molar-refractivity contribution in [2.45, 2.75) is 52.2 Å². The zero-order chi connectivity index (χ0) is 26.2. The molecular formula is C31H37N3O3S. The number of nitrogens with zero attached hydrogens (tertiary/aromatic N) is 3. The third-order valence-electron chi connectivity index (χ3n) is 8.52. The maximum atomic E-state index is 13.0. The molecule has 3 atom stereocenters. The number of rotatable bonds is 7. The van der Waals surface area contributed by atoms with Crippen LogP contribution in [0.25, 0.3) is 11.3 Å². The average Bonchev–Trinajstić information content (AvgIpc) is 3.68. The fourth-order valence-electron chi connectivity index (χ4n) is 6.30. The summed E-state index contributed by atoms with van der Waals surface area (Å²) in [6, 6.07) is 12.2. The van der Waals surface area contributed by atoms with Crippen LogP contribution >= 0.6 is 11.3 Å². The van der Waals surface area contributed by atoms with Gasteiger partial charge in [-0.25, -0.2) is 4.98 Å². The molecule has 3 aromatic rings. The number of hydrogen-bond donors (Lipinski definition) is 0. The van der Waals surface area contributed by atoms with E-state index in [0.717, 1.165) is 76.7 Å². The van der Waals surface area contributed by atoms with E-state index in [1.54, 1.807) is 18.4 Å². The Morgan fingerprint density at radius 3 is 2.61 bits per heavy atom. The number of thiazole rings is 1. The SMILES string of the molecule is COC1CCN(C(=O)c2ccc(COc3ccc(C)cc3-c3csc(N4CC5CCC(C5)C4)n3)c(C)c2)C1. The number of aryl methyl sites for hydroxylation is 2. The van der Waals surface area contributed by atoms with Gasteiger partial charge in [0.1, 0.15) is 12.4 Å². The van der Waals surface area contributed by atoms with Gasteiger partial charge in [0.25, 0.3) is 5.91 Å². The van der Waals surface area contributed by atoms with Crippen molar-refractivity contribution in [1.82, 2.24) is 9.88 Å². The molecule has 6 rings (SSSR count). The maximum absolute atomic E-state index is 13.0. The number of amides is 1. The van der Waals surface area contributed by atoms with Gasteiger partial charge >= 0.3 is 0 Å². The smallest absolute Gasteiger partial charge is 0.253 e. The molecule has 2 bridgehead atoms. The Morgan fingerprint density at radius 2 is 1.87 bits per heavy atom. The fraction of sp³-hybridized carbons (Fsp3) is 0.484. The quantitative estimate of drug-likeness (QED) is 0.369. The van der Waals surface area contributed by atoms with E-state index in [2.05, 4.69) is 35.4 Å². The largest absolute Gasteiger partial charge is 0.488 e. The zero-order valence-corrected chi connectivity index (χ0v) is 23.4. The molecule has 3 aliphatic rings. The Balaban J connectivity index is 1.16. The van der Waals surface area contributed by atoms with E-state index < -0.39 is 0 Å². The summed E-state index contributed by atoms with van der Waals surface area (Å²) in [4.78, 5) is 22.4. The third-order valence-corrected chi connectivity index (χ3v) is 9.42. The summed E-state index contributed by atoms with van der Waals surface area (Å²) in [6.45, 7) is 8.29. The number of likely N-dealkylation sites (tertiary alicyclic amines) is 1. The monoisotopic (exact) mass is 531 g/mol. The van der Waals surface area contributed by atoms with Crippen LogP contribution in [0, 0.1) is 25.7 Å². The standard InChI is InChI=1S/C31H37N3O3S/c1-20-4-9-29(27(12-20)28-19-38-31(32-28)34-15-22-5-6-23(14-22)16-34)37-18-25-8-7-24(13-21(25)2)30(35)33-11-10-26(17-33)36-3/h4,7-9,12-13,19,22-23,26H,5-6,10-11,14-18H2,1-3H3. The lowest BCUT2D eigenvalue weighted by Crippen LogP contribution is -2.36. The van der Waals surface area contributed by atoms with Crippen molar-refractivity contribution in [2.24, 2.45) is 11.8 Å². The van der Waals surface area contributed by atoms with Gasteiger partial charge in [-0.1, -0.05) is 17.7 Å². The molecule has 3 fully saturated rings. The van der Waals surface area contributed by atoms with Crippen molar-refractivity contribution in [3.63, 3.8) is 0 Å². The van der Waals surface area contributed by atoms with E-state index in [1.807, 2.05) is 30.0 Å². The van der Waals surface area contributed by atoms with E-state index in [-0.39, 0.29) is 12.0 Å². The van der Waals surface area contributed by atoms with Crippen LogP contribution in [0.3, 0.4) is 0 Å². The molecule has 2 saturated heterocycles.